The van der Waals surface area contributed by atoms with E-state index in [4.69, 9.17) is 4.74 Å². The van der Waals surface area contributed by atoms with Gasteiger partial charge in [0, 0.05) is 25.6 Å². The van der Waals surface area contributed by atoms with Crippen molar-refractivity contribution in [1.29, 1.82) is 0 Å². The normalized spacial score (nSPS) is 21.6. The Balaban J connectivity index is 2.04. The van der Waals surface area contributed by atoms with Crippen LogP contribution >= 0.6 is 0 Å². The van der Waals surface area contributed by atoms with Crippen molar-refractivity contribution < 1.29 is 23.1 Å². The minimum absolute atomic E-state index is 0.0622. The average molecular weight is 385 g/mol. The quantitative estimate of drug-likeness (QED) is 0.488. The Labute approximate surface area is 154 Å². The fourth-order valence-corrected chi connectivity index (χ4v) is 4.10. The summed E-state index contributed by atoms with van der Waals surface area (Å²) in [5.74, 6) is -0.179. The Bertz CT molecular complexity index is 706. The summed E-state index contributed by atoms with van der Waals surface area (Å²) in [6, 6.07) is 5.04. The van der Waals surface area contributed by atoms with Crippen LogP contribution in [0.15, 0.2) is 29.2 Å². The summed E-state index contributed by atoms with van der Waals surface area (Å²) < 4.78 is 32.7. The summed E-state index contributed by atoms with van der Waals surface area (Å²) in [6.45, 7) is 4.95. The van der Waals surface area contributed by atoms with Gasteiger partial charge in [0.15, 0.2) is 0 Å². The van der Waals surface area contributed by atoms with Crippen molar-refractivity contribution in [3.63, 3.8) is 0 Å². The van der Waals surface area contributed by atoms with Crippen LogP contribution in [0.5, 0.6) is 5.75 Å². The molecule has 8 nitrogen and oxygen atoms in total. The molecule has 9 heteroatoms. The summed E-state index contributed by atoms with van der Waals surface area (Å²) in [7, 11) is -2.35. The van der Waals surface area contributed by atoms with E-state index >= 15 is 0 Å². The number of amides is 1. The van der Waals surface area contributed by atoms with Crippen LogP contribution in [0.25, 0.3) is 0 Å². The lowest BCUT2D eigenvalue weighted by atomic mass is 10.0. The molecule has 0 radical (unpaired) electrons. The summed E-state index contributed by atoms with van der Waals surface area (Å²) in [5.41, 5.74) is 0. The SMILES string of the molecule is COc1ccc(S(=O)(=O)NC(C(=O)NCC2CNCC2O)C(C)C)cc1. The highest BCUT2D eigenvalue weighted by atomic mass is 32.2. The molecule has 26 heavy (non-hydrogen) atoms. The van der Waals surface area contributed by atoms with Gasteiger partial charge in [-0.2, -0.15) is 4.72 Å². The lowest BCUT2D eigenvalue weighted by molar-refractivity contribution is -0.123. The third-order valence-corrected chi connectivity index (χ3v) is 5.90. The highest BCUT2D eigenvalue weighted by Gasteiger charge is 2.30. The molecule has 0 aromatic heterocycles. The Morgan fingerprint density at radius 2 is 1.96 bits per heavy atom. The third kappa shape index (κ3) is 5.16. The summed E-state index contributed by atoms with van der Waals surface area (Å²) >= 11 is 0. The summed E-state index contributed by atoms with van der Waals surface area (Å²) in [5, 5.41) is 15.6. The maximum atomic E-state index is 12.6. The van der Waals surface area contributed by atoms with Crippen LogP contribution in [0.4, 0.5) is 0 Å². The zero-order valence-electron chi connectivity index (χ0n) is 15.2. The molecule has 1 aromatic rings. The minimum Gasteiger partial charge on any atom is -0.497 e. The van der Waals surface area contributed by atoms with E-state index in [9.17, 15) is 18.3 Å². The molecule has 0 saturated carbocycles. The number of hydrogen-bond donors (Lipinski definition) is 4. The molecule has 0 spiro atoms. The van der Waals surface area contributed by atoms with Gasteiger partial charge in [0.1, 0.15) is 11.8 Å². The Hall–Kier alpha value is -1.68. The summed E-state index contributed by atoms with van der Waals surface area (Å²) in [4.78, 5) is 12.6. The number of β-amino-alcohol motifs (C(OH)–C–C–N with tert-alkyl or cyclic N) is 1. The van der Waals surface area contributed by atoms with E-state index in [1.54, 1.807) is 26.0 Å². The van der Waals surface area contributed by atoms with Gasteiger partial charge >= 0.3 is 0 Å². The molecule has 1 amide bonds. The van der Waals surface area contributed by atoms with Crippen molar-refractivity contribution in [1.82, 2.24) is 15.4 Å². The molecule has 1 saturated heterocycles. The first kappa shape index (κ1) is 20.6. The lowest BCUT2D eigenvalue weighted by Gasteiger charge is -2.23. The van der Waals surface area contributed by atoms with Gasteiger partial charge in [-0.25, -0.2) is 8.42 Å². The van der Waals surface area contributed by atoms with Crippen LogP contribution < -0.4 is 20.1 Å². The van der Waals surface area contributed by atoms with Crippen molar-refractivity contribution in [3.8, 4) is 5.75 Å². The van der Waals surface area contributed by atoms with Crippen molar-refractivity contribution in [2.45, 2.75) is 30.9 Å². The molecular formula is C17H27N3O5S. The Kier molecular flexibility index (Phi) is 6.99. The molecule has 1 aliphatic rings. The van der Waals surface area contributed by atoms with Crippen LogP contribution in [-0.4, -0.2) is 58.3 Å². The molecular weight excluding hydrogens is 358 g/mol. The number of sulfonamides is 1. The largest absolute Gasteiger partial charge is 0.497 e. The molecule has 1 aliphatic heterocycles. The van der Waals surface area contributed by atoms with Gasteiger partial charge in [-0.3, -0.25) is 4.79 Å². The molecule has 0 aliphatic carbocycles. The third-order valence-electron chi connectivity index (χ3n) is 4.44. The number of rotatable bonds is 8. The second-order valence-electron chi connectivity index (χ2n) is 6.75. The van der Waals surface area contributed by atoms with Crippen molar-refractivity contribution in [3.05, 3.63) is 24.3 Å². The second-order valence-corrected chi connectivity index (χ2v) is 8.46. The number of carbonyl (C=O) groups excluding carboxylic acids is 1. The predicted molar refractivity (Wildman–Crippen MR) is 97.3 cm³/mol. The Morgan fingerprint density at radius 3 is 2.46 bits per heavy atom. The first-order valence-electron chi connectivity index (χ1n) is 8.57. The molecule has 1 aromatic carbocycles. The molecule has 3 unspecified atom stereocenters. The number of aliphatic hydroxyl groups is 1. The molecule has 146 valence electrons. The Morgan fingerprint density at radius 1 is 1.31 bits per heavy atom. The van der Waals surface area contributed by atoms with Gasteiger partial charge in [-0.05, 0) is 30.2 Å². The molecule has 1 fully saturated rings. The van der Waals surface area contributed by atoms with Gasteiger partial charge in [0.05, 0.1) is 18.1 Å². The van der Waals surface area contributed by atoms with E-state index in [1.807, 2.05) is 0 Å². The molecule has 3 atom stereocenters. The number of benzene rings is 1. The second kappa shape index (κ2) is 8.81. The number of nitrogens with one attached hydrogen (secondary N) is 3. The predicted octanol–water partition coefficient (Wildman–Crippen LogP) is -0.305. The first-order chi connectivity index (χ1) is 12.2. The van der Waals surface area contributed by atoms with Crippen molar-refractivity contribution >= 4 is 15.9 Å². The van der Waals surface area contributed by atoms with Gasteiger partial charge < -0.3 is 20.5 Å². The van der Waals surface area contributed by atoms with E-state index in [2.05, 4.69) is 15.4 Å². The van der Waals surface area contributed by atoms with Gasteiger partial charge in [0.25, 0.3) is 0 Å². The van der Waals surface area contributed by atoms with E-state index in [-0.39, 0.29) is 16.7 Å². The van der Waals surface area contributed by atoms with E-state index in [0.717, 1.165) is 0 Å². The fourth-order valence-electron chi connectivity index (χ4n) is 2.75. The maximum absolute atomic E-state index is 12.6. The number of hydrogen-bond acceptors (Lipinski definition) is 6. The maximum Gasteiger partial charge on any atom is 0.241 e. The topological polar surface area (TPSA) is 117 Å². The zero-order valence-corrected chi connectivity index (χ0v) is 16.0. The number of ether oxygens (including phenoxy) is 1. The van der Waals surface area contributed by atoms with Gasteiger partial charge in [-0.15, -0.1) is 0 Å². The standard InChI is InChI=1S/C17H27N3O5S/c1-11(2)16(17(22)19-9-12-8-18-10-15(12)21)20-26(23,24)14-6-4-13(25-3)5-7-14/h4-7,11-12,15-16,18,20-21H,8-10H2,1-3H3,(H,19,22). The monoisotopic (exact) mass is 385 g/mol. The fraction of sp³-hybridized carbons (Fsp3) is 0.588. The van der Waals surface area contributed by atoms with E-state index < -0.39 is 28.1 Å². The first-order valence-corrected chi connectivity index (χ1v) is 10.1. The average Bonchev–Trinajstić information content (AvgIpc) is 3.02. The van der Waals surface area contributed by atoms with Gasteiger partial charge in [-0.1, -0.05) is 13.8 Å². The summed E-state index contributed by atoms with van der Waals surface area (Å²) in [6.07, 6.45) is -0.510. The highest BCUT2D eigenvalue weighted by molar-refractivity contribution is 7.89. The lowest BCUT2D eigenvalue weighted by Crippen LogP contribution is -2.51. The van der Waals surface area contributed by atoms with Crippen LogP contribution in [0.3, 0.4) is 0 Å². The van der Waals surface area contributed by atoms with Crippen LogP contribution in [-0.2, 0) is 14.8 Å². The molecule has 0 bridgehead atoms. The van der Waals surface area contributed by atoms with Crippen molar-refractivity contribution in [2.24, 2.45) is 11.8 Å². The van der Waals surface area contributed by atoms with Crippen molar-refractivity contribution in [2.75, 3.05) is 26.7 Å². The number of methoxy groups -OCH3 is 1. The van der Waals surface area contributed by atoms with Crippen LogP contribution in [0, 0.1) is 11.8 Å². The smallest absolute Gasteiger partial charge is 0.241 e. The minimum atomic E-state index is -3.85. The van der Waals surface area contributed by atoms with Crippen LogP contribution in [0.2, 0.25) is 0 Å². The molecule has 2 rings (SSSR count). The number of carbonyl (C=O) groups is 1. The van der Waals surface area contributed by atoms with E-state index in [1.165, 1.54) is 19.2 Å². The molecule has 4 N–H and O–H groups in total. The number of aliphatic hydroxyl groups excluding tert-OH is 1. The van der Waals surface area contributed by atoms with Crippen LogP contribution in [0.1, 0.15) is 13.8 Å². The zero-order chi connectivity index (χ0) is 19.3. The van der Waals surface area contributed by atoms with Gasteiger partial charge in [0.2, 0.25) is 15.9 Å². The highest BCUT2D eigenvalue weighted by Crippen LogP contribution is 2.17. The van der Waals surface area contributed by atoms with E-state index in [0.29, 0.717) is 25.4 Å². The molecule has 1 heterocycles.